The first-order chi connectivity index (χ1) is 14.8. The molecule has 1 saturated heterocycles. The number of halogens is 3. The van der Waals surface area contributed by atoms with Gasteiger partial charge in [-0.15, -0.1) is 0 Å². The Labute approximate surface area is 193 Å². The van der Waals surface area contributed by atoms with E-state index in [1.165, 1.54) is 12.1 Å². The van der Waals surface area contributed by atoms with E-state index in [9.17, 15) is 14.0 Å². The predicted molar refractivity (Wildman–Crippen MR) is 123 cm³/mol. The molecule has 1 aliphatic rings. The van der Waals surface area contributed by atoms with Gasteiger partial charge < -0.3 is 4.57 Å². The van der Waals surface area contributed by atoms with Gasteiger partial charge in [0.2, 0.25) is 0 Å². The van der Waals surface area contributed by atoms with Crippen molar-refractivity contribution < 1.29 is 14.0 Å². The molecule has 8 heteroatoms. The summed E-state index contributed by atoms with van der Waals surface area (Å²) in [5.41, 5.74) is 3.96. The summed E-state index contributed by atoms with van der Waals surface area (Å²) in [4.78, 5) is 26.9. The summed E-state index contributed by atoms with van der Waals surface area (Å²) in [5, 5.41) is 0.427. The Morgan fingerprint density at radius 3 is 2.32 bits per heavy atom. The molecule has 2 heterocycles. The summed E-state index contributed by atoms with van der Waals surface area (Å²) in [6.45, 7) is 3.85. The molecule has 0 radical (unpaired) electrons. The highest BCUT2D eigenvalue weighted by molar-refractivity contribution is 8.18. The number of aromatic nitrogens is 1. The van der Waals surface area contributed by atoms with Crippen LogP contribution in [0.5, 0.6) is 0 Å². The van der Waals surface area contributed by atoms with Crippen molar-refractivity contribution in [3.05, 3.63) is 91.8 Å². The van der Waals surface area contributed by atoms with Gasteiger partial charge in [-0.1, -0.05) is 29.3 Å². The number of benzene rings is 2. The van der Waals surface area contributed by atoms with Crippen molar-refractivity contribution in [1.82, 2.24) is 9.47 Å². The van der Waals surface area contributed by atoms with E-state index < -0.39 is 5.91 Å². The summed E-state index contributed by atoms with van der Waals surface area (Å²) in [7, 11) is 0. The predicted octanol–water partition coefficient (Wildman–Crippen LogP) is 6.78. The molecule has 4 rings (SSSR count). The third kappa shape index (κ3) is 4.15. The largest absolute Gasteiger partial charge is 0.318 e. The molecule has 0 N–H and O–H groups in total. The van der Waals surface area contributed by atoms with E-state index in [1.807, 2.05) is 24.5 Å². The molecule has 0 unspecified atom stereocenters. The zero-order chi connectivity index (χ0) is 22.3. The molecule has 0 spiro atoms. The first-order valence-corrected chi connectivity index (χ1v) is 11.0. The van der Waals surface area contributed by atoms with Crippen LogP contribution in [0.3, 0.4) is 0 Å². The highest BCUT2D eigenvalue weighted by atomic mass is 35.5. The van der Waals surface area contributed by atoms with E-state index in [2.05, 4.69) is 0 Å². The van der Waals surface area contributed by atoms with E-state index >= 15 is 0 Å². The molecule has 0 atom stereocenters. The summed E-state index contributed by atoms with van der Waals surface area (Å²) in [5.74, 6) is -0.698. The molecule has 0 bridgehead atoms. The first kappa shape index (κ1) is 21.7. The Kier molecular flexibility index (Phi) is 5.97. The minimum Gasteiger partial charge on any atom is -0.318 e. The van der Waals surface area contributed by atoms with Gasteiger partial charge in [0.15, 0.2) is 0 Å². The van der Waals surface area contributed by atoms with E-state index in [-0.39, 0.29) is 17.6 Å². The number of rotatable bonds is 4. The third-order valence-corrected chi connectivity index (χ3v) is 6.71. The van der Waals surface area contributed by atoms with Crippen LogP contribution >= 0.6 is 35.0 Å². The van der Waals surface area contributed by atoms with Crippen LogP contribution in [0.1, 0.15) is 22.5 Å². The Bertz CT molecular complexity index is 1210. The van der Waals surface area contributed by atoms with E-state index in [4.69, 9.17) is 23.2 Å². The fraction of sp³-hybridized carbons (Fsp3) is 0.130. The standard InChI is InChI=1S/C23H17Cl2FN2O2S/c1-13-10-15(14(2)28(13)17-8-6-16(26)7-9-17)11-21-22(29)27(23(30)31-21)12-18-19(24)4-3-5-20(18)25/h3-11H,12H2,1-2H3/b21-11-. The molecule has 3 aromatic rings. The van der Waals surface area contributed by atoms with Crippen LogP contribution in [0.4, 0.5) is 9.18 Å². The van der Waals surface area contributed by atoms with Crippen molar-refractivity contribution in [2.75, 3.05) is 0 Å². The fourth-order valence-electron chi connectivity index (χ4n) is 3.54. The van der Waals surface area contributed by atoms with Crippen LogP contribution in [0, 0.1) is 19.7 Å². The highest BCUT2D eigenvalue weighted by Crippen LogP contribution is 2.36. The van der Waals surface area contributed by atoms with Gasteiger partial charge in [-0.25, -0.2) is 4.39 Å². The normalized spacial score (nSPS) is 15.4. The van der Waals surface area contributed by atoms with Gasteiger partial charge >= 0.3 is 0 Å². The maximum atomic E-state index is 13.3. The zero-order valence-electron chi connectivity index (χ0n) is 16.7. The van der Waals surface area contributed by atoms with Gasteiger partial charge in [0.05, 0.1) is 11.4 Å². The lowest BCUT2D eigenvalue weighted by atomic mass is 10.2. The minimum atomic E-state index is -0.391. The monoisotopic (exact) mass is 474 g/mol. The smallest absolute Gasteiger partial charge is 0.293 e. The quantitative estimate of drug-likeness (QED) is 0.391. The molecule has 1 fully saturated rings. The second-order valence-electron chi connectivity index (χ2n) is 7.11. The lowest BCUT2D eigenvalue weighted by Crippen LogP contribution is -2.27. The Morgan fingerprint density at radius 2 is 1.68 bits per heavy atom. The molecular weight excluding hydrogens is 458 g/mol. The number of nitrogens with zero attached hydrogens (tertiary/aromatic N) is 2. The summed E-state index contributed by atoms with van der Waals surface area (Å²) >= 11 is 13.3. The maximum absolute atomic E-state index is 13.3. The molecule has 0 aliphatic carbocycles. The molecule has 0 saturated carbocycles. The minimum absolute atomic E-state index is 0.00904. The number of aryl methyl sites for hydroxylation is 1. The van der Waals surface area contributed by atoms with Crippen molar-refractivity contribution in [2.45, 2.75) is 20.4 Å². The Balaban J connectivity index is 1.64. The fourth-order valence-corrected chi connectivity index (χ4v) is 4.89. The number of imide groups is 1. The van der Waals surface area contributed by atoms with Gasteiger partial charge in [0.1, 0.15) is 5.82 Å². The number of carbonyl (C=O) groups is 2. The molecule has 31 heavy (non-hydrogen) atoms. The SMILES string of the molecule is Cc1cc(/C=C2\SC(=O)N(Cc3c(Cl)cccc3Cl)C2=O)c(C)n1-c1ccc(F)cc1. The van der Waals surface area contributed by atoms with Crippen LogP contribution in [-0.2, 0) is 11.3 Å². The lowest BCUT2D eigenvalue weighted by molar-refractivity contribution is -0.123. The first-order valence-electron chi connectivity index (χ1n) is 9.39. The summed E-state index contributed by atoms with van der Waals surface area (Å²) in [6, 6.07) is 13.2. The van der Waals surface area contributed by atoms with Crippen LogP contribution in [-0.4, -0.2) is 20.6 Å². The average Bonchev–Trinajstić information content (AvgIpc) is 3.15. The van der Waals surface area contributed by atoms with Gasteiger partial charge in [0, 0.05) is 32.7 Å². The lowest BCUT2D eigenvalue weighted by Gasteiger charge is -2.14. The topological polar surface area (TPSA) is 42.3 Å². The number of amides is 2. The van der Waals surface area contributed by atoms with Crippen LogP contribution < -0.4 is 0 Å². The second-order valence-corrected chi connectivity index (χ2v) is 8.91. The van der Waals surface area contributed by atoms with Gasteiger partial charge in [-0.2, -0.15) is 0 Å². The molecule has 2 aromatic carbocycles. The van der Waals surface area contributed by atoms with Crippen molar-refractivity contribution >= 4 is 52.2 Å². The molecule has 1 aromatic heterocycles. The molecule has 2 amide bonds. The van der Waals surface area contributed by atoms with Crippen molar-refractivity contribution in [3.63, 3.8) is 0 Å². The summed E-state index contributed by atoms with van der Waals surface area (Å²) in [6.07, 6.45) is 1.71. The molecule has 1 aliphatic heterocycles. The molecule has 4 nitrogen and oxygen atoms in total. The van der Waals surface area contributed by atoms with Crippen LogP contribution in [0.15, 0.2) is 53.4 Å². The third-order valence-electron chi connectivity index (χ3n) is 5.09. The van der Waals surface area contributed by atoms with E-state index in [0.717, 1.165) is 39.3 Å². The molecule has 158 valence electrons. The van der Waals surface area contributed by atoms with Crippen LogP contribution in [0.2, 0.25) is 10.0 Å². The van der Waals surface area contributed by atoms with Crippen LogP contribution in [0.25, 0.3) is 11.8 Å². The van der Waals surface area contributed by atoms with Crippen molar-refractivity contribution in [1.29, 1.82) is 0 Å². The Hall–Kier alpha value is -2.54. The number of hydrogen-bond acceptors (Lipinski definition) is 3. The maximum Gasteiger partial charge on any atom is 0.293 e. The van der Waals surface area contributed by atoms with E-state index in [0.29, 0.717) is 20.5 Å². The number of thioether (sulfide) groups is 1. The number of carbonyl (C=O) groups excluding carboxylic acids is 2. The number of hydrogen-bond donors (Lipinski definition) is 0. The molecular formula is C23H17Cl2FN2O2S. The van der Waals surface area contributed by atoms with Gasteiger partial charge in [-0.3, -0.25) is 14.5 Å². The van der Waals surface area contributed by atoms with Gasteiger partial charge in [-0.05, 0) is 79.7 Å². The Morgan fingerprint density at radius 1 is 1.03 bits per heavy atom. The van der Waals surface area contributed by atoms with Crippen molar-refractivity contribution in [3.8, 4) is 5.69 Å². The average molecular weight is 475 g/mol. The van der Waals surface area contributed by atoms with Crippen molar-refractivity contribution in [2.24, 2.45) is 0 Å². The second kappa shape index (κ2) is 8.54. The zero-order valence-corrected chi connectivity index (χ0v) is 19.0. The summed E-state index contributed by atoms with van der Waals surface area (Å²) < 4.78 is 15.3. The highest BCUT2D eigenvalue weighted by Gasteiger charge is 2.36. The van der Waals surface area contributed by atoms with E-state index in [1.54, 1.807) is 36.4 Å². The van der Waals surface area contributed by atoms with Gasteiger partial charge in [0.25, 0.3) is 11.1 Å².